The van der Waals surface area contributed by atoms with Crippen molar-refractivity contribution in [1.82, 2.24) is 4.90 Å². The van der Waals surface area contributed by atoms with Crippen LogP contribution in [0.25, 0.3) is 0 Å². The van der Waals surface area contributed by atoms with Gasteiger partial charge in [0.05, 0.1) is 6.10 Å². The van der Waals surface area contributed by atoms with Crippen LogP contribution < -0.4 is 5.73 Å². The summed E-state index contributed by atoms with van der Waals surface area (Å²) in [6, 6.07) is 0. The molecule has 92 valence electrons. The lowest BCUT2D eigenvalue weighted by atomic mass is 9.85. The van der Waals surface area contributed by atoms with Gasteiger partial charge in [0.2, 0.25) is 0 Å². The fourth-order valence-electron chi connectivity index (χ4n) is 2.46. The Morgan fingerprint density at radius 1 is 1.38 bits per heavy atom. The lowest BCUT2D eigenvalue weighted by Crippen LogP contribution is -2.40. The van der Waals surface area contributed by atoms with Crippen LogP contribution in [0.4, 0.5) is 0 Å². The van der Waals surface area contributed by atoms with Gasteiger partial charge < -0.3 is 15.4 Å². The van der Waals surface area contributed by atoms with Crippen LogP contribution in [0.3, 0.4) is 0 Å². The molecule has 1 heterocycles. The monoisotopic (exact) mass is 226 g/mol. The number of carbonyl (C=O) groups is 1. The van der Waals surface area contributed by atoms with Crippen LogP contribution in [-0.4, -0.2) is 43.2 Å². The van der Waals surface area contributed by atoms with Gasteiger partial charge in [-0.1, -0.05) is 6.42 Å². The lowest BCUT2D eigenvalue weighted by Gasteiger charge is -2.31. The van der Waals surface area contributed by atoms with Crippen molar-refractivity contribution >= 4 is 5.91 Å². The average molecular weight is 226 g/mol. The van der Waals surface area contributed by atoms with Crippen molar-refractivity contribution < 1.29 is 9.53 Å². The number of carbonyl (C=O) groups excluding carboxylic acids is 1. The van der Waals surface area contributed by atoms with Crippen molar-refractivity contribution in [2.45, 2.75) is 44.3 Å². The third-order valence-electron chi connectivity index (χ3n) is 3.78. The molecular weight excluding hydrogens is 204 g/mol. The Bertz CT molecular complexity index is 253. The summed E-state index contributed by atoms with van der Waals surface area (Å²) < 4.78 is 5.61. The first-order valence-corrected chi connectivity index (χ1v) is 6.31. The number of rotatable bonds is 4. The van der Waals surface area contributed by atoms with Crippen LogP contribution in [0, 0.1) is 5.92 Å². The minimum absolute atomic E-state index is 0.0889. The summed E-state index contributed by atoms with van der Waals surface area (Å²) in [6.07, 6.45) is 5.47. The quantitative estimate of drug-likeness (QED) is 0.769. The Hall–Kier alpha value is -0.610. The predicted octanol–water partition coefficient (Wildman–Crippen LogP) is 0.751. The normalized spacial score (nSPS) is 30.1. The highest BCUT2D eigenvalue weighted by molar-refractivity contribution is 5.81. The van der Waals surface area contributed by atoms with Gasteiger partial charge in [-0.2, -0.15) is 0 Å². The number of ether oxygens (including phenoxy) is 1. The molecular formula is C12H22N2O2. The van der Waals surface area contributed by atoms with E-state index in [1.807, 2.05) is 11.9 Å². The van der Waals surface area contributed by atoms with E-state index in [1.54, 1.807) is 0 Å². The molecule has 2 rings (SSSR count). The number of amides is 1. The van der Waals surface area contributed by atoms with Crippen LogP contribution in [0.2, 0.25) is 0 Å². The fourth-order valence-corrected chi connectivity index (χ4v) is 2.46. The molecule has 1 saturated heterocycles. The number of nitrogens with zero attached hydrogens (tertiary/aromatic N) is 1. The van der Waals surface area contributed by atoms with E-state index < -0.39 is 0 Å². The van der Waals surface area contributed by atoms with Crippen molar-refractivity contribution in [2.75, 3.05) is 20.1 Å². The van der Waals surface area contributed by atoms with Gasteiger partial charge in [-0.15, -0.1) is 0 Å². The molecule has 0 aromatic heterocycles. The summed E-state index contributed by atoms with van der Waals surface area (Å²) in [4.78, 5) is 13.9. The first-order valence-electron chi connectivity index (χ1n) is 6.31. The van der Waals surface area contributed by atoms with Crippen LogP contribution in [0.15, 0.2) is 0 Å². The van der Waals surface area contributed by atoms with Crippen molar-refractivity contribution in [3.63, 3.8) is 0 Å². The van der Waals surface area contributed by atoms with Crippen LogP contribution in [-0.2, 0) is 9.53 Å². The summed E-state index contributed by atoms with van der Waals surface area (Å²) in [6.45, 7) is 1.42. The molecule has 0 aromatic carbocycles. The van der Waals surface area contributed by atoms with E-state index in [2.05, 4.69) is 0 Å². The van der Waals surface area contributed by atoms with Gasteiger partial charge in [-0.05, 0) is 31.6 Å². The lowest BCUT2D eigenvalue weighted by molar-refractivity contribution is -0.142. The molecule has 1 amide bonds. The Morgan fingerprint density at radius 3 is 2.62 bits per heavy atom. The second kappa shape index (κ2) is 5.15. The van der Waals surface area contributed by atoms with Crippen molar-refractivity contribution in [3.8, 4) is 0 Å². The van der Waals surface area contributed by atoms with E-state index in [0.29, 0.717) is 6.54 Å². The SMILES string of the molecule is CN(CC1CCC1)C(=O)C1CCC(CN)O1. The molecule has 1 saturated carbocycles. The first-order chi connectivity index (χ1) is 7.70. The number of likely N-dealkylation sites (N-methyl/N-ethyl adjacent to an activating group) is 1. The molecule has 2 unspecified atom stereocenters. The van der Waals surface area contributed by atoms with E-state index in [4.69, 9.17) is 10.5 Å². The van der Waals surface area contributed by atoms with Crippen LogP contribution >= 0.6 is 0 Å². The maximum absolute atomic E-state index is 12.0. The zero-order valence-corrected chi connectivity index (χ0v) is 10.0. The molecule has 2 N–H and O–H groups in total. The molecule has 2 fully saturated rings. The molecule has 0 aromatic rings. The maximum atomic E-state index is 12.0. The summed E-state index contributed by atoms with van der Waals surface area (Å²) >= 11 is 0. The van der Waals surface area contributed by atoms with E-state index in [9.17, 15) is 4.79 Å². The molecule has 2 atom stereocenters. The summed E-state index contributed by atoms with van der Waals surface area (Å²) in [7, 11) is 1.89. The molecule has 1 aliphatic heterocycles. The van der Waals surface area contributed by atoms with Crippen molar-refractivity contribution in [1.29, 1.82) is 0 Å². The van der Waals surface area contributed by atoms with Gasteiger partial charge in [0.1, 0.15) is 6.10 Å². The predicted molar refractivity (Wildman–Crippen MR) is 61.9 cm³/mol. The minimum atomic E-state index is -0.237. The summed E-state index contributed by atoms with van der Waals surface area (Å²) in [5.41, 5.74) is 5.53. The smallest absolute Gasteiger partial charge is 0.251 e. The third-order valence-corrected chi connectivity index (χ3v) is 3.78. The molecule has 0 radical (unpaired) electrons. The Balaban J connectivity index is 1.77. The molecule has 2 aliphatic rings. The fraction of sp³-hybridized carbons (Fsp3) is 0.917. The second-order valence-electron chi connectivity index (χ2n) is 5.08. The highest BCUT2D eigenvalue weighted by Crippen LogP contribution is 2.27. The van der Waals surface area contributed by atoms with Crippen LogP contribution in [0.5, 0.6) is 0 Å². The van der Waals surface area contributed by atoms with Gasteiger partial charge in [0, 0.05) is 20.1 Å². The van der Waals surface area contributed by atoms with Crippen LogP contribution in [0.1, 0.15) is 32.1 Å². The molecule has 16 heavy (non-hydrogen) atoms. The minimum Gasteiger partial charge on any atom is -0.364 e. The molecule has 0 bridgehead atoms. The second-order valence-corrected chi connectivity index (χ2v) is 5.08. The molecule has 4 nitrogen and oxygen atoms in total. The van der Waals surface area contributed by atoms with E-state index in [0.717, 1.165) is 25.3 Å². The van der Waals surface area contributed by atoms with Crippen molar-refractivity contribution in [3.05, 3.63) is 0 Å². The number of hydrogen-bond acceptors (Lipinski definition) is 3. The Kier molecular flexibility index (Phi) is 3.82. The van der Waals surface area contributed by atoms with E-state index in [1.165, 1.54) is 19.3 Å². The Labute approximate surface area is 97.1 Å². The largest absolute Gasteiger partial charge is 0.364 e. The first kappa shape index (κ1) is 11.9. The maximum Gasteiger partial charge on any atom is 0.251 e. The van der Waals surface area contributed by atoms with Gasteiger partial charge in [-0.3, -0.25) is 4.79 Å². The highest BCUT2D eigenvalue weighted by Gasteiger charge is 2.32. The third kappa shape index (κ3) is 2.55. The van der Waals surface area contributed by atoms with Gasteiger partial charge >= 0.3 is 0 Å². The zero-order valence-electron chi connectivity index (χ0n) is 10.0. The molecule has 0 spiro atoms. The highest BCUT2D eigenvalue weighted by atomic mass is 16.5. The summed E-state index contributed by atoms with van der Waals surface area (Å²) in [5, 5.41) is 0. The van der Waals surface area contributed by atoms with Crippen molar-refractivity contribution in [2.24, 2.45) is 11.7 Å². The number of hydrogen-bond donors (Lipinski definition) is 1. The molecule has 4 heteroatoms. The van der Waals surface area contributed by atoms with Gasteiger partial charge in [0.25, 0.3) is 5.91 Å². The van der Waals surface area contributed by atoms with E-state index in [-0.39, 0.29) is 18.1 Å². The summed E-state index contributed by atoms with van der Waals surface area (Å²) in [5.74, 6) is 0.864. The standard InChI is InChI=1S/C12H22N2O2/c1-14(8-9-3-2-4-9)12(15)11-6-5-10(7-13)16-11/h9-11H,2-8,13H2,1H3. The van der Waals surface area contributed by atoms with Gasteiger partial charge in [0.15, 0.2) is 0 Å². The van der Waals surface area contributed by atoms with E-state index >= 15 is 0 Å². The number of nitrogens with two attached hydrogens (primary N) is 1. The average Bonchev–Trinajstić information content (AvgIpc) is 2.70. The van der Waals surface area contributed by atoms with Gasteiger partial charge in [-0.25, -0.2) is 0 Å². The Morgan fingerprint density at radius 2 is 2.12 bits per heavy atom. The zero-order chi connectivity index (χ0) is 11.5. The topological polar surface area (TPSA) is 55.6 Å². The molecule has 1 aliphatic carbocycles.